The molecule has 0 radical (unpaired) electrons. The number of hydrogen-bond acceptors (Lipinski definition) is 3. The van der Waals surface area contributed by atoms with Gasteiger partial charge in [-0.15, -0.1) is 0 Å². The molecular weight excluding hydrogens is 218 g/mol. The van der Waals surface area contributed by atoms with E-state index in [1.165, 1.54) is 0 Å². The second kappa shape index (κ2) is 4.94. The van der Waals surface area contributed by atoms with Gasteiger partial charge in [-0.25, -0.2) is 4.79 Å². The lowest BCUT2D eigenvalue weighted by Crippen LogP contribution is -2.50. The highest BCUT2D eigenvalue weighted by Crippen LogP contribution is 2.23. The lowest BCUT2D eigenvalue weighted by atomic mass is 9.93. The normalized spacial score (nSPS) is 25.5. The van der Waals surface area contributed by atoms with Gasteiger partial charge in [0.2, 0.25) is 0 Å². The van der Waals surface area contributed by atoms with Crippen molar-refractivity contribution in [3.63, 3.8) is 0 Å². The first kappa shape index (κ1) is 13.8. The standard InChI is InChI=1S/C12H23N3O2/c1-8-5-6-9(10(13)14)7-15(8)11(16)17-12(2,3)4/h8-9H,5-7H2,1-4H3,(H3,13,14)/t8-,9?/m1/s1. The number of likely N-dealkylation sites (tertiary alicyclic amines) is 1. The minimum Gasteiger partial charge on any atom is -0.444 e. The van der Waals surface area contributed by atoms with Gasteiger partial charge < -0.3 is 15.4 Å². The van der Waals surface area contributed by atoms with Crippen molar-refractivity contribution in [2.24, 2.45) is 11.7 Å². The van der Waals surface area contributed by atoms with Crippen molar-refractivity contribution in [1.82, 2.24) is 4.90 Å². The van der Waals surface area contributed by atoms with Gasteiger partial charge in [-0.05, 0) is 40.5 Å². The molecule has 1 unspecified atom stereocenters. The van der Waals surface area contributed by atoms with Crippen molar-refractivity contribution in [3.8, 4) is 0 Å². The second-order valence-corrected chi connectivity index (χ2v) is 5.71. The summed E-state index contributed by atoms with van der Waals surface area (Å²) in [5.41, 5.74) is 5.02. The minimum atomic E-state index is -0.486. The van der Waals surface area contributed by atoms with E-state index in [1.54, 1.807) is 4.90 Å². The molecule has 0 aromatic heterocycles. The van der Waals surface area contributed by atoms with Crippen LogP contribution in [0.15, 0.2) is 0 Å². The van der Waals surface area contributed by atoms with Crippen molar-refractivity contribution in [2.45, 2.75) is 52.2 Å². The summed E-state index contributed by atoms with van der Waals surface area (Å²) in [5.74, 6) is 0.129. The van der Waals surface area contributed by atoms with E-state index in [9.17, 15) is 4.79 Å². The van der Waals surface area contributed by atoms with Crippen LogP contribution in [-0.2, 0) is 4.74 Å². The molecule has 0 aliphatic carbocycles. The molecule has 5 heteroatoms. The molecule has 2 atom stereocenters. The third-order valence-corrected chi connectivity index (χ3v) is 2.95. The Morgan fingerprint density at radius 3 is 2.47 bits per heavy atom. The van der Waals surface area contributed by atoms with E-state index < -0.39 is 5.60 Å². The van der Waals surface area contributed by atoms with E-state index in [1.807, 2.05) is 27.7 Å². The third kappa shape index (κ3) is 3.91. The van der Waals surface area contributed by atoms with Gasteiger partial charge in [-0.1, -0.05) is 0 Å². The maximum absolute atomic E-state index is 12.0. The Bertz CT molecular complexity index is 309. The number of nitrogens with zero attached hydrogens (tertiary/aromatic N) is 1. The highest BCUT2D eigenvalue weighted by Gasteiger charge is 2.32. The number of nitrogens with two attached hydrogens (primary N) is 1. The molecule has 1 aliphatic rings. The third-order valence-electron chi connectivity index (χ3n) is 2.95. The number of hydrogen-bond donors (Lipinski definition) is 2. The molecule has 1 fully saturated rings. The van der Waals surface area contributed by atoms with Crippen molar-refractivity contribution in [1.29, 1.82) is 5.41 Å². The zero-order valence-corrected chi connectivity index (χ0v) is 11.1. The van der Waals surface area contributed by atoms with Crippen LogP contribution in [0.25, 0.3) is 0 Å². The number of nitrogens with one attached hydrogen (secondary N) is 1. The van der Waals surface area contributed by atoms with Crippen LogP contribution in [0.3, 0.4) is 0 Å². The van der Waals surface area contributed by atoms with E-state index in [4.69, 9.17) is 15.9 Å². The van der Waals surface area contributed by atoms with Gasteiger partial charge in [0, 0.05) is 18.5 Å². The van der Waals surface area contributed by atoms with Crippen molar-refractivity contribution in [3.05, 3.63) is 0 Å². The van der Waals surface area contributed by atoms with Crippen molar-refractivity contribution in [2.75, 3.05) is 6.54 Å². The summed E-state index contributed by atoms with van der Waals surface area (Å²) in [6.45, 7) is 8.04. The summed E-state index contributed by atoms with van der Waals surface area (Å²) in [4.78, 5) is 13.7. The summed E-state index contributed by atoms with van der Waals surface area (Å²) in [6.07, 6.45) is 1.43. The smallest absolute Gasteiger partial charge is 0.410 e. The number of piperidine rings is 1. The molecule has 0 aromatic carbocycles. The zero-order valence-electron chi connectivity index (χ0n) is 11.1. The fourth-order valence-corrected chi connectivity index (χ4v) is 1.94. The van der Waals surface area contributed by atoms with Gasteiger partial charge >= 0.3 is 6.09 Å². The first-order chi connectivity index (χ1) is 7.70. The van der Waals surface area contributed by atoms with Crippen LogP contribution in [0, 0.1) is 11.3 Å². The van der Waals surface area contributed by atoms with E-state index in [2.05, 4.69) is 0 Å². The number of carbonyl (C=O) groups is 1. The zero-order chi connectivity index (χ0) is 13.2. The molecule has 0 bridgehead atoms. The van der Waals surface area contributed by atoms with Crippen LogP contribution in [-0.4, -0.2) is 35.0 Å². The summed E-state index contributed by atoms with van der Waals surface area (Å²) < 4.78 is 5.35. The second-order valence-electron chi connectivity index (χ2n) is 5.71. The molecule has 5 nitrogen and oxygen atoms in total. The van der Waals surface area contributed by atoms with Gasteiger partial charge in [0.25, 0.3) is 0 Å². The number of amides is 1. The van der Waals surface area contributed by atoms with Gasteiger partial charge in [-0.3, -0.25) is 5.41 Å². The first-order valence-corrected chi connectivity index (χ1v) is 6.04. The number of rotatable bonds is 1. The van der Waals surface area contributed by atoms with E-state index in [0.717, 1.165) is 12.8 Å². The van der Waals surface area contributed by atoms with Gasteiger partial charge in [0.05, 0.1) is 5.84 Å². The Hall–Kier alpha value is -1.26. The molecule has 0 aromatic rings. The van der Waals surface area contributed by atoms with Crippen LogP contribution in [0.1, 0.15) is 40.5 Å². The molecule has 98 valence electrons. The van der Waals surface area contributed by atoms with Crippen LogP contribution in [0.2, 0.25) is 0 Å². The van der Waals surface area contributed by atoms with Gasteiger partial charge in [-0.2, -0.15) is 0 Å². The van der Waals surface area contributed by atoms with E-state index >= 15 is 0 Å². The SMILES string of the molecule is C[C@@H]1CCC(C(=N)N)CN1C(=O)OC(C)(C)C. The predicted octanol–water partition coefficient (Wildman–Crippen LogP) is 1.96. The van der Waals surface area contributed by atoms with E-state index in [0.29, 0.717) is 6.54 Å². The minimum absolute atomic E-state index is 0.0290. The molecular formula is C12H23N3O2. The largest absolute Gasteiger partial charge is 0.444 e. The fourth-order valence-electron chi connectivity index (χ4n) is 1.94. The molecule has 1 heterocycles. The van der Waals surface area contributed by atoms with Crippen LogP contribution < -0.4 is 5.73 Å². The Morgan fingerprint density at radius 2 is 2.00 bits per heavy atom. The number of amidine groups is 1. The molecule has 3 N–H and O–H groups in total. The molecule has 1 rings (SSSR count). The topological polar surface area (TPSA) is 79.4 Å². The summed E-state index contributed by atoms with van der Waals surface area (Å²) in [7, 11) is 0. The Labute approximate surface area is 103 Å². The molecule has 1 saturated heterocycles. The average Bonchev–Trinajstić information content (AvgIpc) is 2.14. The van der Waals surface area contributed by atoms with E-state index in [-0.39, 0.29) is 23.9 Å². The molecule has 17 heavy (non-hydrogen) atoms. The number of carbonyl (C=O) groups excluding carboxylic acids is 1. The molecule has 0 saturated carbocycles. The molecule has 1 aliphatic heterocycles. The lowest BCUT2D eigenvalue weighted by Gasteiger charge is -2.38. The van der Waals surface area contributed by atoms with Gasteiger partial charge in [0.1, 0.15) is 5.60 Å². The molecule has 0 spiro atoms. The summed E-state index contributed by atoms with van der Waals surface area (Å²) in [5, 5.41) is 7.46. The Balaban J connectivity index is 2.67. The van der Waals surface area contributed by atoms with Crippen LogP contribution in [0.5, 0.6) is 0 Å². The van der Waals surface area contributed by atoms with Crippen LogP contribution >= 0.6 is 0 Å². The first-order valence-electron chi connectivity index (χ1n) is 6.04. The summed E-state index contributed by atoms with van der Waals surface area (Å²) in [6, 6.07) is 0.153. The highest BCUT2D eigenvalue weighted by atomic mass is 16.6. The predicted molar refractivity (Wildman–Crippen MR) is 67.0 cm³/mol. The molecule has 1 amide bonds. The number of ether oxygens (including phenoxy) is 1. The van der Waals surface area contributed by atoms with Crippen molar-refractivity contribution >= 4 is 11.9 Å². The maximum Gasteiger partial charge on any atom is 0.410 e. The monoisotopic (exact) mass is 241 g/mol. The van der Waals surface area contributed by atoms with Crippen LogP contribution in [0.4, 0.5) is 4.79 Å². The maximum atomic E-state index is 12.0. The average molecular weight is 241 g/mol. The Kier molecular flexibility index (Phi) is 4.01. The van der Waals surface area contributed by atoms with Crippen molar-refractivity contribution < 1.29 is 9.53 Å². The lowest BCUT2D eigenvalue weighted by molar-refractivity contribution is 0.00904. The Morgan fingerprint density at radius 1 is 1.41 bits per heavy atom. The van der Waals surface area contributed by atoms with Gasteiger partial charge in [0.15, 0.2) is 0 Å². The summed E-state index contributed by atoms with van der Waals surface area (Å²) >= 11 is 0. The quantitative estimate of drug-likeness (QED) is 0.544. The fraction of sp³-hybridized carbons (Fsp3) is 0.833. The highest BCUT2D eigenvalue weighted by molar-refractivity contribution is 5.80.